The molecule has 0 saturated heterocycles. The molecule has 0 amide bonds. The van der Waals surface area contributed by atoms with E-state index in [1.807, 2.05) is 0 Å². The molecular weight excluding hydrogens is 255 g/mol. The number of para-hydroxylation sites is 1. The highest BCUT2D eigenvalue weighted by molar-refractivity contribution is 5.53. The fourth-order valence-electron chi connectivity index (χ4n) is 3.13. The Morgan fingerprint density at radius 3 is 2.21 bits per heavy atom. The molecule has 104 valence electrons. The number of hydrogen-bond acceptors (Lipinski definition) is 2. The van der Waals surface area contributed by atoms with Crippen molar-refractivity contribution in [3.63, 3.8) is 0 Å². The molecule has 0 spiro atoms. The van der Waals surface area contributed by atoms with Crippen molar-refractivity contribution in [2.45, 2.75) is 42.8 Å². The third kappa shape index (κ3) is 1.75. The van der Waals surface area contributed by atoms with Crippen LogP contribution in [-0.2, 0) is 11.6 Å². The van der Waals surface area contributed by atoms with Crippen molar-refractivity contribution in [2.75, 3.05) is 7.11 Å². The second-order valence-electron chi connectivity index (χ2n) is 5.62. The number of halogens is 3. The highest BCUT2D eigenvalue weighted by Gasteiger charge is 2.65. The fourth-order valence-corrected chi connectivity index (χ4v) is 3.13. The van der Waals surface area contributed by atoms with E-state index in [1.165, 1.54) is 13.2 Å². The van der Waals surface area contributed by atoms with Gasteiger partial charge in [-0.3, -0.25) is 0 Å². The number of nitrogens with two attached hydrogens (primary N) is 1. The summed E-state index contributed by atoms with van der Waals surface area (Å²) in [5.41, 5.74) is 5.55. The zero-order chi connectivity index (χ0) is 13.9. The summed E-state index contributed by atoms with van der Waals surface area (Å²) < 4.78 is 44.2. The van der Waals surface area contributed by atoms with Gasteiger partial charge in [0.15, 0.2) is 0 Å². The predicted octanol–water partition coefficient (Wildman–Crippen LogP) is 3.24. The fraction of sp³-hybridized carbons (Fsp3) is 0.571. The normalized spacial score (nSPS) is 23.0. The van der Waals surface area contributed by atoms with Gasteiger partial charge in [0.1, 0.15) is 5.75 Å². The molecule has 2 N–H and O–H groups in total. The van der Waals surface area contributed by atoms with Crippen LogP contribution in [-0.4, -0.2) is 12.6 Å². The molecule has 0 unspecified atom stereocenters. The van der Waals surface area contributed by atoms with Crippen molar-refractivity contribution in [1.82, 2.24) is 0 Å². The summed E-state index contributed by atoms with van der Waals surface area (Å²) in [6.07, 6.45) is -0.941. The maximum Gasteiger partial charge on any atom is 0.419 e. The van der Waals surface area contributed by atoms with Crippen LogP contribution in [0.25, 0.3) is 0 Å². The Bertz CT molecular complexity index is 516. The van der Waals surface area contributed by atoms with E-state index in [4.69, 9.17) is 10.5 Å². The van der Waals surface area contributed by atoms with Crippen molar-refractivity contribution in [3.8, 4) is 5.75 Å². The Balaban J connectivity index is 2.13. The van der Waals surface area contributed by atoms with Crippen LogP contribution in [0.4, 0.5) is 13.2 Å². The van der Waals surface area contributed by atoms with Gasteiger partial charge in [-0.05, 0) is 31.7 Å². The third-order valence-electron chi connectivity index (χ3n) is 4.53. The Hall–Kier alpha value is -1.23. The molecule has 0 bridgehead atoms. The molecule has 2 aliphatic carbocycles. The van der Waals surface area contributed by atoms with E-state index in [2.05, 4.69) is 0 Å². The minimum Gasteiger partial charge on any atom is -0.496 e. The van der Waals surface area contributed by atoms with Gasteiger partial charge in [0.25, 0.3) is 0 Å². The van der Waals surface area contributed by atoms with Crippen molar-refractivity contribution < 1.29 is 17.9 Å². The van der Waals surface area contributed by atoms with Gasteiger partial charge in [-0.2, -0.15) is 13.2 Å². The molecular formula is C14H16F3NO. The molecule has 3 rings (SSSR count). The van der Waals surface area contributed by atoms with E-state index in [-0.39, 0.29) is 16.7 Å². The van der Waals surface area contributed by atoms with Crippen molar-refractivity contribution in [2.24, 2.45) is 5.73 Å². The van der Waals surface area contributed by atoms with Crippen molar-refractivity contribution in [3.05, 3.63) is 29.3 Å². The zero-order valence-electron chi connectivity index (χ0n) is 10.7. The molecule has 19 heavy (non-hydrogen) atoms. The van der Waals surface area contributed by atoms with Crippen LogP contribution in [0.3, 0.4) is 0 Å². The average molecular weight is 271 g/mol. The lowest BCUT2D eigenvalue weighted by atomic mass is 9.84. The molecule has 0 radical (unpaired) electrons. The first-order valence-electron chi connectivity index (χ1n) is 6.38. The largest absolute Gasteiger partial charge is 0.496 e. The van der Waals surface area contributed by atoms with E-state index >= 15 is 0 Å². The van der Waals surface area contributed by atoms with E-state index in [0.717, 1.165) is 31.7 Å². The highest BCUT2D eigenvalue weighted by Crippen LogP contribution is 2.65. The molecule has 1 aromatic carbocycles. The van der Waals surface area contributed by atoms with Crippen LogP contribution >= 0.6 is 0 Å². The third-order valence-corrected chi connectivity index (χ3v) is 4.53. The number of alkyl halides is 3. The SMILES string of the molecule is COc1c(C(F)(F)F)cccc1C1(C2(N)CC2)CC1. The Morgan fingerprint density at radius 1 is 1.16 bits per heavy atom. The van der Waals surface area contributed by atoms with Gasteiger partial charge in [0.2, 0.25) is 0 Å². The first kappa shape index (κ1) is 12.8. The molecule has 0 aromatic heterocycles. The van der Waals surface area contributed by atoms with Gasteiger partial charge < -0.3 is 10.5 Å². The van der Waals surface area contributed by atoms with E-state index in [1.54, 1.807) is 6.07 Å². The summed E-state index contributed by atoms with van der Waals surface area (Å²) >= 11 is 0. The molecule has 0 atom stereocenters. The second kappa shape index (κ2) is 3.66. The lowest BCUT2D eigenvalue weighted by Gasteiger charge is -2.27. The second-order valence-corrected chi connectivity index (χ2v) is 5.62. The number of hydrogen-bond donors (Lipinski definition) is 1. The average Bonchev–Trinajstić information content (AvgIpc) is 3.22. The molecule has 0 aliphatic heterocycles. The standard InChI is InChI=1S/C14H16F3NO/c1-19-11-9(3-2-4-10(11)14(15,16)17)12(5-6-12)13(18)7-8-13/h2-4H,5-8,18H2,1H3. The van der Waals surface area contributed by atoms with Crippen LogP contribution < -0.4 is 10.5 Å². The minimum absolute atomic E-state index is 0.0516. The summed E-state index contributed by atoms with van der Waals surface area (Å²) in [7, 11) is 1.29. The zero-order valence-corrected chi connectivity index (χ0v) is 10.7. The number of methoxy groups -OCH3 is 1. The topological polar surface area (TPSA) is 35.2 Å². The summed E-state index contributed by atoms with van der Waals surface area (Å²) in [5, 5.41) is 0. The van der Waals surface area contributed by atoms with Gasteiger partial charge in [0, 0.05) is 16.5 Å². The van der Waals surface area contributed by atoms with E-state index in [9.17, 15) is 13.2 Å². The highest BCUT2D eigenvalue weighted by atomic mass is 19.4. The first-order chi connectivity index (χ1) is 8.84. The van der Waals surface area contributed by atoms with Crippen LogP contribution in [0.5, 0.6) is 5.75 Å². The molecule has 5 heteroatoms. The van der Waals surface area contributed by atoms with Gasteiger partial charge in [-0.25, -0.2) is 0 Å². The Morgan fingerprint density at radius 2 is 1.79 bits per heavy atom. The van der Waals surface area contributed by atoms with Crippen LogP contribution in [0, 0.1) is 0 Å². The summed E-state index contributed by atoms with van der Waals surface area (Å²) in [6, 6.07) is 4.25. The van der Waals surface area contributed by atoms with Crippen LogP contribution in [0.1, 0.15) is 36.8 Å². The number of rotatable bonds is 3. The summed E-state index contributed by atoms with van der Waals surface area (Å²) in [4.78, 5) is 0. The number of ether oxygens (including phenoxy) is 1. The summed E-state index contributed by atoms with van der Waals surface area (Å²) in [5.74, 6) is -0.0516. The van der Waals surface area contributed by atoms with Gasteiger partial charge in [0.05, 0.1) is 12.7 Å². The predicted molar refractivity (Wildman–Crippen MR) is 65.1 cm³/mol. The van der Waals surface area contributed by atoms with Crippen molar-refractivity contribution in [1.29, 1.82) is 0 Å². The molecule has 2 nitrogen and oxygen atoms in total. The van der Waals surface area contributed by atoms with E-state index < -0.39 is 11.7 Å². The van der Waals surface area contributed by atoms with Crippen molar-refractivity contribution >= 4 is 0 Å². The molecule has 1 aromatic rings. The number of benzene rings is 1. The first-order valence-corrected chi connectivity index (χ1v) is 6.38. The molecule has 2 saturated carbocycles. The molecule has 2 aliphatic rings. The van der Waals surface area contributed by atoms with Gasteiger partial charge >= 0.3 is 6.18 Å². The summed E-state index contributed by atoms with van der Waals surface area (Å²) in [6.45, 7) is 0. The minimum atomic E-state index is -4.40. The maximum atomic E-state index is 13.0. The molecule has 0 heterocycles. The van der Waals surface area contributed by atoms with Gasteiger partial charge in [-0.1, -0.05) is 12.1 Å². The van der Waals surface area contributed by atoms with Gasteiger partial charge in [-0.15, -0.1) is 0 Å². The quantitative estimate of drug-likeness (QED) is 0.916. The van der Waals surface area contributed by atoms with Crippen LogP contribution in [0.15, 0.2) is 18.2 Å². The smallest absolute Gasteiger partial charge is 0.419 e. The Labute approximate surface area is 109 Å². The molecule has 2 fully saturated rings. The monoisotopic (exact) mass is 271 g/mol. The lowest BCUT2D eigenvalue weighted by Crippen LogP contribution is -2.37. The van der Waals surface area contributed by atoms with Crippen LogP contribution in [0.2, 0.25) is 0 Å². The lowest BCUT2D eigenvalue weighted by molar-refractivity contribution is -0.138. The van der Waals surface area contributed by atoms with E-state index in [0.29, 0.717) is 5.56 Å². The Kier molecular flexibility index (Phi) is 2.46. The maximum absolute atomic E-state index is 13.0.